The van der Waals surface area contributed by atoms with Crippen molar-refractivity contribution in [3.8, 4) is 0 Å². The van der Waals surface area contributed by atoms with E-state index in [1.54, 1.807) is 6.20 Å². The second-order valence-electron chi connectivity index (χ2n) is 9.07. The maximum atomic E-state index is 13.5. The van der Waals surface area contributed by atoms with Gasteiger partial charge < -0.3 is 41.9 Å². The van der Waals surface area contributed by atoms with Crippen LogP contribution < -0.4 is 21.7 Å². The lowest BCUT2D eigenvalue weighted by molar-refractivity contribution is -0.142. The number of nitrogens with one attached hydrogen (secondary N) is 5. The minimum atomic E-state index is -1.25. The maximum Gasteiger partial charge on any atom is 0.325 e. The van der Waals surface area contributed by atoms with Gasteiger partial charge in [-0.3, -0.25) is 24.0 Å². The minimum Gasteiger partial charge on any atom is -0.481 e. The molecule has 0 bridgehead atoms. The van der Waals surface area contributed by atoms with Crippen LogP contribution in [0.2, 0.25) is 0 Å². The van der Waals surface area contributed by atoms with E-state index in [0.29, 0.717) is 11.3 Å². The van der Waals surface area contributed by atoms with Crippen LogP contribution in [0.4, 0.5) is 0 Å². The minimum absolute atomic E-state index is 0.0250. The Bertz CT molecular complexity index is 1320. The lowest BCUT2D eigenvalue weighted by Crippen LogP contribution is -2.58. The maximum absolute atomic E-state index is 13.5. The van der Waals surface area contributed by atoms with E-state index in [2.05, 4.69) is 30.9 Å². The first-order valence-corrected chi connectivity index (χ1v) is 12.2. The van der Waals surface area contributed by atoms with Crippen molar-refractivity contribution in [2.75, 3.05) is 0 Å². The SMILES string of the molecule is CC(NC(=O)C(Cc1cnc[nH]1)NC(=O)C(Cc1c[nH]c2ccccc12)NC(=O)C(N)CCC(=O)O)C(=O)O. The number of para-hydroxylation sites is 1. The summed E-state index contributed by atoms with van der Waals surface area (Å²) in [6.07, 6.45) is 4.07. The number of aromatic nitrogens is 3. The van der Waals surface area contributed by atoms with Crippen molar-refractivity contribution in [1.29, 1.82) is 0 Å². The highest BCUT2D eigenvalue weighted by Crippen LogP contribution is 2.19. The number of aromatic amines is 2. The summed E-state index contributed by atoms with van der Waals surface area (Å²) in [6.45, 7) is 1.29. The van der Waals surface area contributed by atoms with Gasteiger partial charge in [-0.1, -0.05) is 18.2 Å². The highest BCUT2D eigenvalue weighted by atomic mass is 16.4. The summed E-state index contributed by atoms with van der Waals surface area (Å²) < 4.78 is 0. The van der Waals surface area contributed by atoms with Crippen LogP contribution in [0.5, 0.6) is 0 Å². The number of benzene rings is 1. The molecule has 208 valence electrons. The van der Waals surface area contributed by atoms with E-state index in [1.165, 1.54) is 19.4 Å². The summed E-state index contributed by atoms with van der Waals surface area (Å²) in [5.41, 5.74) is 7.89. The number of H-pyrrole nitrogens is 2. The fourth-order valence-corrected chi connectivity index (χ4v) is 3.89. The molecule has 1 aromatic carbocycles. The Labute approximate surface area is 222 Å². The fraction of sp³-hybridized carbons (Fsp3) is 0.360. The van der Waals surface area contributed by atoms with E-state index in [4.69, 9.17) is 10.8 Å². The molecule has 3 amide bonds. The zero-order valence-corrected chi connectivity index (χ0v) is 21.1. The summed E-state index contributed by atoms with van der Waals surface area (Å²) in [6, 6.07) is 2.56. The number of carboxylic acids is 2. The Balaban J connectivity index is 1.84. The van der Waals surface area contributed by atoms with Crippen LogP contribution in [0.25, 0.3) is 10.9 Å². The summed E-state index contributed by atoms with van der Waals surface area (Å²) in [5, 5.41) is 26.4. The Kier molecular flexibility index (Phi) is 9.75. The second kappa shape index (κ2) is 13.2. The first-order chi connectivity index (χ1) is 18.5. The van der Waals surface area contributed by atoms with Crippen LogP contribution in [-0.2, 0) is 36.8 Å². The number of imidazole rings is 1. The summed E-state index contributed by atoms with van der Waals surface area (Å²) in [7, 11) is 0. The molecule has 3 aromatic rings. The van der Waals surface area contributed by atoms with Gasteiger partial charge in [-0.2, -0.15) is 0 Å². The van der Waals surface area contributed by atoms with Crippen molar-refractivity contribution >= 4 is 40.6 Å². The topological polar surface area (TPSA) is 232 Å². The van der Waals surface area contributed by atoms with Crippen molar-refractivity contribution < 1.29 is 34.2 Å². The van der Waals surface area contributed by atoms with Crippen molar-refractivity contribution in [2.45, 2.75) is 56.8 Å². The number of hydrogen-bond donors (Lipinski definition) is 8. The average Bonchev–Trinajstić information content (AvgIpc) is 3.56. The highest BCUT2D eigenvalue weighted by Gasteiger charge is 2.30. The van der Waals surface area contributed by atoms with Crippen LogP contribution in [0.3, 0.4) is 0 Å². The molecule has 0 saturated carbocycles. The predicted molar refractivity (Wildman–Crippen MR) is 138 cm³/mol. The number of carbonyl (C=O) groups excluding carboxylic acids is 3. The molecule has 2 heterocycles. The third-order valence-electron chi connectivity index (χ3n) is 6.08. The molecule has 14 nitrogen and oxygen atoms in total. The number of carbonyl (C=O) groups is 5. The Morgan fingerprint density at radius 3 is 2.28 bits per heavy atom. The number of nitrogens with two attached hydrogens (primary N) is 1. The van der Waals surface area contributed by atoms with E-state index < -0.39 is 53.8 Å². The molecular formula is C25H31N7O7. The number of nitrogens with zero attached hydrogens (tertiary/aromatic N) is 1. The van der Waals surface area contributed by atoms with Crippen LogP contribution >= 0.6 is 0 Å². The zero-order valence-electron chi connectivity index (χ0n) is 21.1. The smallest absolute Gasteiger partial charge is 0.325 e. The van der Waals surface area contributed by atoms with Gasteiger partial charge in [-0.25, -0.2) is 4.98 Å². The molecule has 0 radical (unpaired) electrons. The van der Waals surface area contributed by atoms with Gasteiger partial charge in [-0.15, -0.1) is 0 Å². The van der Waals surface area contributed by atoms with Gasteiger partial charge >= 0.3 is 11.9 Å². The molecule has 0 aliphatic carbocycles. The third-order valence-corrected chi connectivity index (χ3v) is 6.08. The number of fused-ring (bicyclic) bond motifs is 1. The summed E-state index contributed by atoms with van der Waals surface area (Å²) in [4.78, 5) is 71.2. The molecule has 0 aliphatic rings. The second-order valence-corrected chi connectivity index (χ2v) is 9.07. The fourth-order valence-electron chi connectivity index (χ4n) is 3.89. The lowest BCUT2D eigenvalue weighted by atomic mass is 10.0. The van der Waals surface area contributed by atoms with Gasteiger partial charge in [0.1, 0.15) is 18.1 Å². The Morgan fingerprint density at radius 2 is 1.62 bits per heavy atom. The van der Waals surface area contributed by atoms with Crippen molar-refractivity contribution in [3.05, 3.63) is 54.2 Å². The van der Waals surface area contributed by atoms with Gasteiger partial charge in [0, 0.05) is 48.3 Å². The Morgan fingerprint density at radius 1 is 0.949 bits per heavy atom. The van der Waals surface area contributed by atoms with Crippen LogP contribution in [0.1, 0.15) is 31.0 Å². The number of hydrogen-bond acceptors (Lipinski definition) is 7. The average molecular weight is 542 g/mol. The largest absolute Gasteiger partial charge is 0.481 e. The predicted octanol–water partition coefficient (Wildman–Crippen LogP) is -0.573. The van der Waals surface area contributed by atoms with Crippen LogP contribution in [-0.4, -0.2) is 79.0 Å². The van der Waals surface area contributed by atoms with Crippen LogP contribution in [0, 0.1) is 0 Å². The van der Waals surface area contributed by atoms with Crippen molar-refractivity contribution in [3.63, 3.8) is 0 Å². The van der Waals surface area contributed by atoms with Gasteiger partial charge in [-0.05, 0) is 25.0 Å². The monoisotopic (exact) mass is 541 g/mol. The number of aliphatic carboxylic acids is 2. The molecule has 0 aliphatic heterocycles. The number of rotatable bonds is 14. The van der Waals surface area contributed by atoms with E-state index in [1.807, 2.05) is 24.3 Å². The summed E-state index contributed by atoms with van der Waals surface area (Å²) >= 11 is 0. The number of carboxylic acid groups (broad SMARTS) is 2. The Hall–Kier alpha value is -4.72. The van der Waals surface area contributed by atoms with E-state index in [-0.39, 0.29) is 25.7 Å². The number of amides is 3. The quantitative estimate of drug-likeness (QED) is 0.130. The molecule has 4 atom stereocenters. The van der Waals surface area contributed by atoms with Gasteiger partial charge in [0.15, 0.2) is 0 Å². The normalized spacial score (nSPS) is 14.1. The molecule has 39 heavy (non-hydrogen) atoms. The first-order valence-electron chi connectivity index (χ1n) is 12.2. The van der Waals surface area contributed by atoms with E-state index in [9.17, 15) is 29.1 Å². The lowest BCUT2D eigenvalue weighted by Gasteiger charge is -2.24. The molecule has 3 rings (SSSR count). The molecule has 0 fully saturated rings. The molecule has 2 aromatic heterocycles. The van der Waals surface area contributed by atoms with Crippen molar-refractivity contribution in [2.24, 2.45) is 5.73 Å². The van der Waals surface area contributed by atoms with E-state index in [0.717, 1.165) is 10.9 Å². The standard InChI is InChI=1S/C25H31N7O7/c1-13(25(38)39)30-23(36)20(9-15-11-27-12-29-15)32-24(37)19(31-22(35)17(26)6-7-21(33)34)8-14-10-28-18-5-3-2-4-16(14)18/h2-5,10-13,17,19-20,28H,6-9,26H2,1H3,(H,27,29)(H,30,36)(H,31,35)(H,32,37)(H,33,34)(H,38,39). The summed E-state index contributed by atoms with van der Waals surface area (Å²) in [5.74, 6) is -4.57. The molecule has 9 N–H and O–H groups in total. The molecule has 4 unspecified atom stereocenters. The third kappa shape index (κ3) is 8.13. The zero-order chi connectivity index (χ0) is 28.5. The molecule has 0 spiro atoms. The molecule has 14 heteroatoms. The van der Waals surface area contributed by atoms with E-state index >= 15 is 0 Å². The van der Waals surface area contributed by atoms with Gasteiger partial charge in [0.05, 0.1) is 12.4 Å². The van der Waals surface area contributed by atoms with Crippen molar-refractivity contribution in [1.82, 2.24) is 30.9 Å². The van der Waals surface area contributed by atoms with Gasteiger partial charge in [0.2, 0.25) is 17.7 Å². The van der Waals surface area contributed by atoms with Crippen LogP contribution in [0.15, 0.2) is 43.0 Å². The molecular weight excluding hydrogens is 510 g/mol. The highest BCUT2D eigenvalue weighted by molar-refractivity contribution is 5.95. The van der Waals surface area contributed by atoms with Gasteiger partial charge in [0.25, 0.3) is 0 Å². The first kappa shape index (κ1) is 28.8. The molecule has 0 saturated heterocycles.